The summed E-state index contributed by atoms with van der Waals surface area (Å²) in [6, 6.07) is 33.5. The molecule has 1 atom stereocenters. The van der Waals surface area contributed by atoms with Crippen molar-refractivity contribution in [3.63, 3.8) is 0 Å². The van der Waals surface area contributed by atoms with E-state index in [1.165, 1.54) is 79.4 Å². The Morgan fingerprint density at radius 1 is 0.651 bits per heavy atom. The van der Waals surface area contributed by atoms with Crippen molar-refractivity contribution in [2.45, 2.75) is 130 Å². The van der Waals surface area contributed by atoms with Crippen LogP contribution >= 0.6 is 23.6 Å². The summed E-state index contributed by atoms with van der Waals surface area (Å²) in [5.74, 6) is 8.04. The molecule has 0 radical (unpaired) electrons. The van der Waals surface area contributed by atoms with Crippen molar-refractivity contribution in [3.05, 3.63) is 171 Å². The molecule has 0 N–H and O–H groups in total. The number of carbonyl (C=O) groups is 2. The molecule has 432 valence electrons. The van der Waals surface area contributed by atoms with Gasteiger partial charge in [-0.2, -0.15) is 18.3 Å². The second kappa shape index (κ2) is 31.8. The van der Waals surface area contributed by atoms with Crippen molar-refractivity contribution >= 4 is 58.7 Å². The van der Waals surface area contributed by atoms with Crippen LogP contribution in [0.15, 0.2) is 133 Å². The number of thiophene rings is 1. The van der Waals surface area contributed by atoms with E-state index in [9.17, 15) is 22.8 Å². The van der Waals surface area contributed by atoms with Crippen LogP contribution in [0.3, 0.4) is 0 Å². The number of pyridine rings is 4. The number of isothiocyanates is 1. The molecule has 0 spiro atoms. The Labute approximate surface area is 507 Å². The molecule has 8 aromatic rings. The van der Waals surface area contributed by atoms with Gasteiger partial charge in [0.25, 0.3) is 12.9 Å². The van der Waals surface area contributed by atoms with Crippen molar-refractivity contribution < 1.29 is 51.7 Å². The predicted molar refractivity (Wildman–Crippen MR) is 324 cm³/mol. The molecule has 6 aromatic heterocycles. The van der Waals surface area contributed by atoms with Gasteiger partial charge in [-0.25, -0.2) is 4.98 Å². The summed E-state index contributed by atoms with van der Waals surface area (Å²) in [6.45, 7) is 18.2. The zero-order chi connectivity index (χ0) is 59.3. The fourth-order valence-corrected chi connectivity index (χ4v) is 9.67. The molecule has 6 heterocycles. The van der Waals surface area contributed by atoms with Crippen LogP contribution in [0.5, 0.6) is 11.5 Å². The molecule has 0 aliphatic carbocycles. The van der Waals surface area contributed by atoms with Crippen LogP contribution in [0.2, 0.25) is 0 Å². The first-order valence-electron chi connectivity index (χ1n) is 27.1. The standard InChI is InChI=1S/C35H37N3O4S.C29H30F3N4.CNS.Ru/c1-3-5-7-8-10-26(9-6-4-2)19-28-15-18-43-35(28)12-11-27-13-16-36-31(20-27)33-22-30(42-25-40)23-34(38-33)32-21-29(41-24-39)14-17-37-32;1-27(2,3)19-7-11-21(12-8-19)36(22-13-9-20(10-14-22)28(4,5)6)23-15-16-33-24(17-23)25-18-26(35-34-25)29(30,31)32;2-1-3;/h13-18,20-26H,3-10,19H2,1-2H3;7-18H,1-6H3;;/q;2*-1;+2. The van der Waals surface area contributed by atoms with Crippen molar-refractivity contribution in [1.82, 2.24) is 30.1 Å². The molecule has 0 fully saturated rings. The van der Waals surface area contributed by atoms with E-state index >= 15 is 0 Å². The van der Waals surface area contributed by atoms with Gasteiger partial charge in [0.15, 0.2) is 0 Å². The normalized spacial score (nSPS) is 11.4. The fourth-order valence-electron chi connectivity index (χ4n) is 8.89. The average molecular weight is 1250 g/mol. The Morgan fingerprint density at radius 2 is 1.19 bits per heavy atom. The first kappa shape index (κ1) is 66.3. The van der Waals surface area contributed by atoms with E-state index in [0.717, 1.165) is 40.0 Å². The summed E-state index contributed by atoms with van der Waals surface area (Å²) in [5.41, 5.74) is 8.46. The molecule has 0 aliphatic heterocycles. The average Bonchev–Trinajstić information content (AvgIpc) is 4.29. The van der Waals surface area contributed by atoms with Gasteiger partial charge in [-0.3, -0.25) is 24.5 Å². The second-order valence-corrected chi connectivity index (χ2v) is 22.5. The van der Waals surface area contributed by atoms with Gasteiger partial charge in [0.05, 0.1) is 33.3 Å². The predicted octanol–water partition coefficient (Wildman–Crippen LogP) is 16.9. The van der Waals surface area contributed by atoms with Crippen LogP contribution < -0.4 is 19.5 Å². The molecule has 0 amide bonds. The van der Waals surface area contributed by atoms with E-state index < -0.39 is 11.9 Å². The number of hydrogen-bond acceptors (Lipinski definition) is 12. The number of benzene rings is 2. The van der Waals surface area contributed by atoms with Crippen molar-refractivity contribution in [3.8, 4) is 57.5 Å². The van der Waals surface area contributed by atoms with E-state index in [4.69, 9.17) is 19.9 Å². The first-order valence-corrected chi connectivity index (χ1v) is 28.4. The summed E-state index contributed by atoms with van der Waals surface area (Å²) in [5, 5.41) is 17.6. The number of rotatable bonds is 20. The SMILES string of the molecule is CC(C)(C)c1ccc(N(c2ccc(C(C)(C)C)cc2)c2ccnc(-c3cc(C(F)(F)F)n[n-]3)c2)cc1.CCCCCCC(CCCC)Cc1ccsc1C#Cc1ccnc(-c2cc(OC=O)cc(-c3cc(OC=O)ccn3)n2)c1.[N-]=C=S.[Ru+2]. The molecular weight excluding hydrogens is 1180 g/mol. The molecule has 2 aromatic carbocycles. The van der Waals surface area contributed by atoms with Gasteiger partial charge in [-0.1, -0.05) is 161 Å². The summed E-state index contributed by atoms with van der Waals surface area (Å²) >= 11 is 5.39. The third-order valence-corrected chi connectivity index (χ3v) is 14.1. The largest absolute Gasteiger partial charge is 2.00 e. The van der Waals surface area contributed by atoms with Crippen LogP contribution in [-0.4, -0.2) is 43.1 Å². The maximum absolute atomic E-state index is 13.1. The van der Waals surface area contributed by atoms with Crippen LogP contribution in [-0.2, 0) is 52.5 Å². The molecule has 0 saturated carbocycles. The minimum absolute atomic E-state index is 0. The monoisotopic (exact) mass is 1250 g/mol. The second-order valence-electron chi connectivity index (χ2n) is 21.4. The Balaban J connectivity index is 0.000000291. The van der Waals surface area contributed by atoms with Crippen LogP contribution in [0.1, 0.15) is 140 Å². The number of unbranched alkanes of at least 4 members (excludes halogenated alkanes) is 4. The molecule has 1 unspecified atom stereocenters. The van der Waals surface area contributed by atoms with Gasteiger partial charge >= 0.3 is 25.7 Å². The van der Waals surface area contributed by atoms with E-state index in [0.29, 0.717) is 53.1 Å². The summed E-state index contributed by atoms with van der Waals surface area (Å²) in [4.78, 5) is 42.9. The summed E-state index contributed by atoms with van der Waals surface area (Å²) in [6.07, 6.45) is 11.5. The Bertz CT molecular complexity index is 3390. The number of alkyl halides is 3. The van der Waals surface area contributed by atoms with Gasteiger partial charge in [0.1, 0.15) is 17.2 Å². The molecular formula is C65H67F3N8O4RuS2. The molecule has 0 aliphatic rings. The van der Waals surface area contributed by atoms with Crippen molar-refractivity contribution in [2.24, 2.45) is 5.92 Å². The number of nitrogens with zero attached hydrogens (tertiary/aromatic N) is 8. The van der Waals surface area contributed by atoms with E-state index in [1.54, 1.807) is 54.1 Å². The Morgan fingerprint density at radius 3 is 1.76 bits per heavy atom. The fraction of sp³-hybridized carbons (Fsp3) is 0.323. The zero-order valence-corrected chi connectivity index (χ0v) is 51.2. The van der Waals surface area contributed by atoms with Gasteiger partial charge < -0.3 is 30.0 Å². The van der Waals surface area contributed by atoms with Gasteiger partial charge in [-0.05, 0) is 112 Å². The number of aromatic nitrogens is 6. The summed E-state index contributed by atoms with van der Waals surface area (Å²) < 4.78 is 49.3. The Hall–Kier alpha value is -7.54. The third-order valence-electron chi connectivity index (χ3n) is 13.3. The number of thiocarbonyl (C=S) groups is 1. The number of carbonyl (C=O) groups excluding carboxylic acids is 2. The number of ether oxygens (including phenoxy) is 2. The van der Waals surface area contributed by atoms with E-state index in [2.05, 4.69) is 169 Å². The number of anilines is 3. The minimum atomic E-state index is -4.56. The van der Waals surface area contributed by atoms with Gasteiger partial charge in [-0.15, -0.1) is 11.3 Å². The minimum Gasteiger partial charge on any atom is -0.753 e. The van der Waals surface area contributed by atoms with Crippen molar-refractivity contribution in [1.29, 1.82) is 0 Å². The van der Waals surface area contributed by atoms with Gasteiger partial charge in [0, 0.05) is 59.4 Å². The molecule has 83 heavy (non-hydrogen) atoms. The van der Waals surface area contributed by atoms with Crippen molar-refractivity contribution in [2.75, 3.05) is 4.90 Å². The van der Waals surface area contributed by atoms with Crippen LogP contribution in [0.25, 0.3) is 39.6 Å². The van der Waals surface area contributed by atoms with Crippen LogP contribution in [0, 0.1) is 17.8 Å². The molecule has 18 heteroatoms. The van der Waals surface area contributed by atoms with Crippen LogP contribution in [0.4, 0.5) is 30.2 Å². The maximum atomic E-state index is 13.1. The quantitative estimate of drug-likeness (QED) is 0.0178. The third kappa shape index (κ3) is 19.8. The first-order chi connectivity index (χ1) is 39.3. The zero-order valence-electron chi connectivity index (χ0n) is 47.8. The maximum Gasteiger partial charge on any atom is 2.00 e. The molecule has 12 nitrogen and oxygen atoms in total. The van der Waals surface area contributed by atoms with E-state index in [-0.39, 0.29) is 41.8 Å². The molecule has 8 rings (SSSR count). The van der Waals surface area contributed by atoms with Gasteiger partial charge in [0.2, 0.25) is 0 Å². The number of halogens is 3. The topological polar surface area (TPSA) is 157 Å². The number of hydrogen-bond donors (Lipinski definition) is 0. The molecule has 0 saturated heterocycles. The summed E-state index contributed by atoms with van der Waals surface area (Å²) in [7, 11) is 0. The Kier molecular flexibility index (Phi) is 25.4. The van der Waals surface area contributed by atoms with E-state index in [1.807, 2.05) is 18.2 Å². The molecule has 0 bridgehead atoms. The smallest absolute Gasteiger partial charge is 0.753 e.